The number of carbonyl (C=O) groups excluding carboxylic acids is 1. The van der Waals surface area contributed by atoms with Crippen molar-refractivity contribution < 1.29 is 19.7 Å². The molecule has 6 heteroatoms. The average molecular weight is 444 g/mol. The van der Waals surface area contributed by atoms with Gasteiger partial charge >= 0.3 is 6.09 Å². The van der Waals surface area contributed by atoms with Gasteiger partial charge < -0.3 is 14.9 Å². The van der Waals surface area contributed by atoms with Crippen LogP contribution in [0.1, 0.15) is 25.0 Å². The van der Waals surface area contributed by atoms with E-state index in [1.165, 1.54) is 0 Å². The topological polar surface area (TPSA) is 78.8 Å². The molecule has 2 atom stereocenters. The second kappa shape index (κ2) is 9.08. The summed E-state index contributed by atoms with van der Waals surface area (Å²) >= 11 is 3.36. The van der Waals surface area contributed by atoms with Crippen molar-refractivity contribution in [3.05, 3.63) is 70.7 Å². The minimum atomic E-state index is -0.576. The van der Waals surface area contributed by atoms with Gasteiger partial charge in [0.2, 0.25) is 0 Å². The Morgan fingerprint density at radius 3 is 2.43 bits per heavy atom. The summed E-state index contributed by atoms with van der Waals surface area (Å²) in [5, 5.41) is 23.8. The van der Waals surface area contributed by atoms with Gasteiger partial charge in [0.25, 0.3) is 0 Å². The molecule has 0 aromatic heterocycles. The van der Waals surface area contributed by atoms with Gasteiger partial charge in [-0.05, 0) is 48.1 Å². The molecule has 146 valence electrons. The number of phenolic OH excluding ortho intramolecular Hbond substituents is 1. The molecule has 0 radical (unpaired) electrons. The quantitative estimate of drug-likeness (QED) is 0.462. The lowest BCUT2D eigenvalue weighted by molar-refractivity contribution is 0.0676. The summed E-state index contributed by atoms with van der Waals surface area (Å²) in [7, 11) is 0. The normalized spacial score (nSPS) is 13.1. The van der Waals surface area contributed by atoms with Crippen molar-refractivity contribution in [2.75, 3.05) is 11.9 Å². The average Bonchev–Trinajstić information content (AvgIpc) is 2.69. The zero-order valence-corrected chi connectivity index (χ0v) is 17.0. The molecule has 5 nitrogen and oxygen atoms in total. The fraction of sp³-hybridized carbons (Fsp3) is 0.227. The van der Waals surface area contributed by atoms with Crippen molar-refractivity contribution in [2.24, 2.45) is 5.92 Å². The van der Waals surface area contributed by atoms with Crippen LogP contribution in [0, 0.1) is 5.92 Å². The van der Waals surface area contributed by atoms with Gasteiger partial charge in [-0.15, -0.1) is 0 Å². The summed E-state index contributed by atoms with van der Waals surface area (Å²) in [6, 6.07) is 18.0. The number of rotatable bonds is 6. The van der Waals surface area contributed by atoms with Gasteiger partial charge in [0, 0.05) is 27.7 Å². The summed E-state index contributed by atoms with van der Waals surface area (Å²) in [5.74, 6) is 0.0563. The molecule has 0 unspecified atom stereocenters. The van der Waals surface area contributed by atoms with Crippen LogP contribution in [0.15, 0.2) is 65.1 Å². The SMILES string of the molecule is C[C@@H](CCO)[C@H](OC(=O)Nc1ccc(Br)cc1)c1ccc(O)c2ccccc12. The van der Waals surface area contributed by atoms with Crippen molar-refractivity contribution >= 4 is 38.5 Å². The zero-order valence-electron chi connectivity index (χ0n) is 15.4. The van der Waals surface area contributed by atoms with Crippen LogP contribution < -0.4 is 5.32 Å². The molecular weight excluding hydrogens is 422 g/mol. The van der Waals surface area contributed by atoms with Crippen molar-refractivity contribution in [1.29, 1.82) is 0 Å². The lowest BCUT2D eigenvalue weighted by Crippen LogP contribution is -2.22. The van der Waals surface area contributed by atoms with E-state index in [1.54, 1.807) is 24.3 Å². The van der Waals surface area contributed by atoms with Crippen molar-refractivity contribution in [3.8, 4) is 5.75 Å². The maximum Gasteiger partial charge on any atom is 0.412 e. The van der Waals surface area contributed by atoms with Gasteiger partial charge in [0.15, 0.2) is 0 Å². The molecule has 3 aromatic rings. The molecule has 0 aliphatic heterocycles. The number of carbonyl (C=O) groups is 1. The molecule has 0 bridgehead atoms. The number of hydrogen-bond donors (Lipinski definition) is 3. The maximum atomic E-state index is 12.5. The molecule has 3 aromatic carbocycles. The first-order valence-electron chi connectivity index (χ1n) is 9.04. The van der Waals surface area contributed by atoms with Crippen LogP contribution in [0.4, 0.5) is 10.5 Å². The van der Waals surface area contributed by atoms with Crippen LogP contribution in [-0.4, -0.2) is 22.9 Å². The van der Waals surface area contributed by atoms with E-state index in [-0.39, 0.29) is 18.3 Å². The van der Waals surface area contributed by atoms with E-state index in [9.17, 15) is 15.0 Å². The second-order valence-corrected chi connectivity index (χ2v) is 7.58. The van der Waals surface area contributed by atoms with E-state index >= 15 is 0 Å². The van der Waals surface area contributed by atoms with Crippen molar-refractivity contribution in [3.63, 3.8) is 0 Å². The Hall–Kier alpha value is -2.57. The first-order valence-corrected chi connectivity index (χ1v) is 9.83. The zero-order chi connectivity index (χ0) is 20.1. The highest BCUT2D eigenvalue weighted by Gasteiger charge is 2.26. The van der Waals surface area contributed by atoms with Crippen molar-refractivity contribution in [2.45, 2.75) is 19.4 Å². The first-order chi connectivity index (χ1) is 13.5. The molecule has 3 rings (SSSR count). The number of aliphatic hydroxyl groups is 1. The predicted octanol–water partition coefficient (Wildman–Crippen LogP) is 5.62. The third kappa shape index (κ3) is 4.64. The Balaban J connectivity index is 1.90. The number of amides is 1. The molecular formula is C22H22BrNO4. The fourth-order valence-electron chi connectivity index (χ4n) is 3.19. The molecule has 3 N–H and O–H groups in total. The van der Waals surface area contributed by atoms with Gasteiger partial charge in [-0.3, -0.25) is 5.32 Å². The Labute approximate surface area is 172 Å². The molecule has 0 saturated heterocycles. The number of benzene rings is 3. The molecule has 0 heterocycles. The smallest absolute Gasteiger partial charge is 0.412 e. The minimum Gasteiger partial charge on any atom is -0.507 e. The number of nitrogens with one attached hydrogen (secondary N) is 1. The van der Waals surface area contributed by atoms with E-state index in [1.807, 2.05) is 43.3 Å². The summed E-state index contributed by atoms with van der Waals surface area (Å²) in [4.78, 5) is 12.5. The minimum absolute atomic E-state index is 0.00856. The number of phenols is 1. The number of aliphatic hydroxyl groups excluding tert-OH is 1. The van der Waals surface area contributed by atoms with E-state index in [4.69, 9.17) is 4.74 Å². The van der Waals surface area contributed by atoms with Crippen LogP contribution in [0.25, 0.3) is 10.8 Å². The number of ether oxygens (including phenoxy) is 1. The van der Waals surface area contributed by atoms with Crippen molar-refractivity contribution in [1.82, 2.24) is 0 Å². The molecule has 0 aliphatic carbocycles. The Bertz CT molecular complexity index is 958. The summed E-state index contributed by atoms with van der Waals surface area (Å²) in [6.45, 7) is 1.92. The third-order valence-electron chi connectivity index (χ3n) is 4.67. The predicted molar refractivity (Wildman–Crippen MR) is 113 cm³/mol. The number of aromatic hydroxyl groups is 1. The Kier molecular flexibility index (Phi) is 6.54. The monoisotopic (exact) mass is 443 g/mol. The maximum absolute atomic E-state index is 12.5. The van der Waals surface area contributed by atoms with Gasteiger partial charge in [0.1, 0.15) is 11.9 Å². The number of halogens is 1. The number of fused-ring (bicyclic) bond motifs is 1. The molecule has 0 fully saturated rings. The van der Waals surface area contributed by atoms with Crippen LogP contribution in [-0.2, 0) is 4.74 Å². The molecule has 0 saturated carbocycles. The standard InChI is InChI=1S/C22H22BrNO4/c1-14(12-13-25)21(28-22(27)24-16-8-6-15(23)7-9-16)19-10-11-20(26)18-5-3-2-4-17(18)19/h2-11,14,21,25-26H,12-13H2,1H3,(H,24,27)/t14-,21-/m0/s1. The molecule has 0 aliphatic rings. The lowest BCUT2D eigenvalue weighted by atomic mass is 9.91. The number of anilines is 1. The van der Waals surface area contributed by atoms with Gasteiger partial charge in [-0.25, -0.2) is 4.79 Å². The summed E-state index contributed by atoms with van der Waals surface area (Å²) in [5.41, 5.74) is 1.41. The Morgan fingerprint density at radius 1 is 1.07 bits per heavy atom. The van der Waals surface area contributed by atoms with Gasteiger partial charge in [0.05, 0.1) is 0 Å². The van der Waals surface area contributed by atoms with Gasteiger partial charge in [-0.2, -0.15) is 0 Å². The van der Waals surface area contributed by atoms with Crippen LogP contribution in [0.5, 0.6) is 5.75 Å². The van der Waals surface area contributed by atoms with Crippen LogP contribution in [0.3, 0.4) is 0 Å². The highest BCUT2D eigenvalue weighted by Crippen LogP contribution is 2.36. The first kappa shape index (κ1) is 20.2. The van der Waals surface area contributed by atoms with E-state index in [2.05, 4.69) is 21.2 Å². The molecule has 1 amide bonds. The molecule has 0 spiro atoms. The lowest BCUT2D eigenvalue weighted by Gasteiger charge is -2.25. The largest absolute Gasteiger partial charge is 0.507 e. The van der Waals surface area contributed by atoms with Crippen LogP contribution >= 0.6 is 15.9 Å². The Morgan fingerprint density at radius 2 is 1.75 bits per heavy atom. The van der Waals surface area contributed by atoms with E-state index in [0.717, 1.165) is 15.4 Å². The van der Waals surface area contributed by atoms with Crippen LogP contribution in [0.2, 0.25) is 0 Å². The van der Waals surface area contributed by atoms with E-state index in [0.29, 0.717) is 17.5 Å². The second-order valence-electron chi connectivity index (χ2n) is 6.67. The molecule has 28 heavy (non-hydrogen) atoms. The third-order valence-corrected chi connectivity index (χ3v) is 5.20. The highest BCUT2D eigenvalue weighted by atomic mass is 79.9. The highest BCUT2D eigenvalue weighted by molar-refractivity contribution is 9.10. The summed E-state index contributed by atoms with van der Waals surface area (Å²) in [6.07, 6.45) is -0.673. The van der Waals surface area contributed by atoms with E-state index < -0.39 is 12.2 Å². The number of hydrogen-bond acceptors (Lipinski definition) is 4. The summed E-state index contributed by atoms with van der Waals surface area (Å²) < 4.78 is 6.69. The van der Waals surface area contributed by atoms with Gasteiger partial charge in [-0.1, -0.05) is 53.2 Å². The fourth-order valence-corrected chi connectivity index (χ4v) is 3.46.